The van der Waals surface area contributed by atoms with Crippen molar-refractivity contribution in [3.63, 3.8) is 0 Å². The highest BCUT2D eigenvalue weighted by Gasteiger charge is 2.09. The number of nitrogens with one attached hydrogen (secondary N) is 1. The lowest BCUT2D eigenvalue weighted by Crippen LogP contribution is -2.23. The molecule has 2 rings (SSSR count). The number of rotatable bonds is 5. The number of pyridine rings is 1. The predicted octanol–water partition coefficient (Wildman–Crippen LogP) is 2.86. The number of para-hydroxylation sites is 1. The maximum absolute atomic E-state index is 9.27. The van der Waals surface area contributed by atoms with E-state index in [-0.39, 0.29) is 6.04 Å². The van der Waals surface area contributed by atoms with Gasteiger partial charge in [-0.05, 0) is 46.1 Å². The van der Waals surface area contributed by atoms with Gasteiger partial charge in [0.05, 0.1) is 11.1 Å². The summed E-state index contributed by atoms with van der Waals surface area (Å²) in [5.41, 5.74) is 1.51. The molecule has 1 aromatic heterocycles. The molecule has 4 nitrogen and oxygen atoms in total. The van der Waals surface area contributed by atoms with E-state index in [1.807, 2.05) is 30.3 Å². The van der Waals surface area contributed by atoms with Crippen LogP contribution in [-0.2, 0) is 0 Å². The van der Waals surface area contributed by atoms with E-state index in [0.717, 1.165) is 23.9 Å². The average Bonchev–Trinajstić information content (AvgIpc) is 2.44. The Labute approximate surface area is 120 Å². The van der Waals surface area contributed by atoms with E-state index in [9.17, 15) is 5.26 Å². The van der Waals surface area contributed by atoms with Gasteiger partial charge < -0.3 is 10.2 Å². The molecule has 0 saturated heterocycles. The Kier molecular flexibility index (Phi) is 4.54. The van der Waals surface area contributed by atoms with Crippen LogP contribution < -0.4 is 5.32 Å². The highest BCUT2D eigenvalue weighted by molar-refractivity contribution is 5.82. The van der Waals surface area contributed by atoms with E-state index in [1.165, 1.54) is 0 Å². The fourth-order valence-corrected chi connectivity index (χ4v) is 2.07. The molecule has 0 spiro atoms. The van der Waals surface area contributed by atoms with Gasteiger partial charge in [-0.3, -0.25) is 0 Å². The monoisotopic (exact) mass is 268 g/mol. The zero-order valence-corrected chi connectivity index (χ0v) is 12.2. The lowest BCUT2D eigenvalue weighted by Gasteiger charge is -2.18. The predicted molar refractivity (Wildman–Crippen MR) is 82.7 cm³/mol. The molecule has 4 heteroatoms. The van der Waals surface area contributed by atoms with Crippen LogP contribution in [0.25, 0.3) is 10.9 Å². The summed E-state index contributed by atoms with van der Waals surface area (Å²) in [5, 5.41) is 13.6. The van der Waals surface area contributed by atoms with Crippen molar-refractivity contribution in [2.75, 3.05) is 26.0 Å². The zero-order valence-electron chi connectivity index (χ0n) is 12.2. The Morgan fingerprint density at radius 1 is 1.35 bits per heavy atom. The van der Waals surface area contributed by atoms with E-state index < -0.39 is 0 Å². The molecule has 104 valence electrons. The molecule has 1 heterocycles. The molecule has 0 amide bonds. The Morgan fingerprint density at radius 2 is 2.10 bits per heavy atom. The van der Waals surface area contributed by atoms with E-state index in [2.05, 4.69) is 42.3 Å². The summed E-state index contributed by atoms with van der Waals surface area (Å²) >= 11 is 0. The average molecular weight is 268 g/mol. The second-order valence-electron chi connectivity index (χ2n) is 5.33. The Hall–Kier alpha value is -2.12. The molecule has 0 fully saturated rings. The third kappa shape index (κ3) is 3.46. The standard InChI is InChI=1S/C16H20N4/c1-12(8-9-20(2)3)18-16-14(11-17)10-13-6-4-5-7-15(13)19-16/h4-7,10,12H,8-9H2,1-3H3,(H,18,19). The minimum atomic E-state index is 0.276. The first-order valence-electron chi connectivity index (χ1n) is 6.81. The second kappa shape index (κ2) is 6.36. The molecule has 0 radical (unpaired) electrons. The molecule has 1 N–H and O–H groups in total. The first-order chi connectivity index (χ1) is 9.60. The number of hydrogen-bond acceptors (Lipinski definition) is 4. The van der Waals surface area contributed by atoms with Crippen LogP contribution in [0.3, 0.4) is 0 Å². The van der Waals surface area contributed by atoms with Crippen molar-refractivity contribution in [1.82, 2.24) is 9.88 Å². The lowest BCUT2D eigenvalue weighted by atomic mass is 10.1. The van der Waals surface area contributed by atoms with Crippen LogP contribution in [0.15, 0.2) is 30.3 Å². The minimum Gasteiger partial charge on any atom is -0.366 e. The summed E-state index contributed by atoms with van der Waals surface area (Å²) in [6.07, 6.45) is 1.01. The number of nitrogens with zero attached hydrogens (tertiary/aromatic N) is 3. The molecule has 0 bridgehead atoms. The first kappa shape index (κ1) is 14.3. The molecule has 2 aromatic rings. The van der Waals surface area contributed by atoms with Gasteiger partial charge in [-0.2, -0.15) is 5.26 Å². The van der Waals surface area contributed by atoms with E-state index in [0.29, 0.717) is 11.4 Å². The van der Waals surface area contributed by atoms with Crippen LogP contribution in [0.2, 0.25) is 0 Å². The maximum Gasteiger partial charge on any atom is 0.144 e. The van der Waals surface area contributed by atoms with Crippen LogP contribution >= 0.6 is 0 Å². The lowest BCUT2D eigenvalue weighted by molar-refractivity contribution is 0.390. The first-order valence-corrected chi connectivity index (χ1v) is 6.81. The number of fused-ring (bicyclic) bond motifs is 1. The van der Waals surface area contributed by atoms with Crippen LogP contribution in [0.5, 0.6) is 0 Å². The molecule has 0 saturated carbocycles. The van der Waals surface area contributed by atoms with Crippen LogP contribution in [0.1, 0.15) is 18.9 Å². The molecule has 1 atom stereocenters. The molecule has 1 aromatic carbocycles. The zero-order chi connectivity index (χ0) is 14.5. The molecule has 20 heavy (non-hydrogen) atoms. The van der Waals surface area contributed by atoms with Crippen molar-refractivity contribution in [1.29, 1.82) is 5.26 Å². The van der Waals surface area contributed by atoms with Gasteiger partial charge in [0.2, 0.25) is 0 Å². The van der Waals surface area contributed by atoms with Gasteiger partial charge >= 0.3 is 0 Å². The fourth-order valence-electron chi connectivity index (χ4n) is 2.07. The van der Waals surface area contributed by atoms with Crippen LogP contribution in [0.4, 0.5) is 5.82 Å². The highest BCUT2D eigenvalue weighted by atomic mass is 15.1. The van der Waals surface area contributed by atoms with Crippen molar-refractivity contribution in [2.45, 2.75) is 19.4 Å². The molecular formula is C16H20N4. The van der Waals surface area contributed by atoms with Gasteiger partial charge in [0.15, 0.2) is 0 Å². The quantitative estimate of drug-likeness (QED) is 0.906. The SMILES string of the molecule is CC(CCN(C)C)Nc1nc2ccccc2cc1C#N. The topological polar surface area (TPSA) is 52.0 Å². The summed E-state index contributed by atoms with van der Waals surface area (Å²) in [7, 11) is 4.11. The van der Waals surface area contributed by atoms with E-state index in [1.54, 1.807) is 0 Å². The summed E-state index contributed by atoms with van der Waals surface area (Å²) < 4.78 is 0. The highest BCUT2D eigenvalue weighted by Crippen LogP contribution is 2.20. The Balaban J connectivity index is 2.22. The van der Waals surface area contributed by atoms with Crippen LogP contribution in [-0.4, -0.2) is 36.6 Å². The smallest absolute Gasteiger partial charge is 0.144 e. The third-order valence-corrected chi connectivity index (χ3v) is 3.24. The van der Waals surface area contributed by atoms with Crippen molar-refractivity contribution in [3.8, 4) is 6.07 Å². The van der Waals surface area contributed by atoms with Crippen molar-refractivity contribution in [2.24, 2.45) is 0 Å². The van der Waals surface area contributed by atoms with E-state index >= 15 is 0 Å². The molecule has 1 unspecified atom stereocenters. The fraction of sp³-hybridized carbons (Fsp3) is 0.375. The van der Waals surface area contributed by atoms with Gasteiger partial charge in [-0.25, -0.2) is 4.98 Å². The van der Waals surface area contributed by atoms with Crippen molar-refractivity contribution in [3.05, 3.63) is 35.9 Å². The number of nitriles is 1. The Bertz CT molecular complexity index is 628. The second-order valence-corrected chi connectivity index (χ2v) is 5.33. The van der Waals surface area contributed by atoms with Gasteiger partial charge in [-0.15, -0.1) is 0 Å². The molecular weight excluding hydrogens is 248 g/mol. The number of aromatic nitrogens is 1. The number of benzene rings is 1. The van der Waals surface area contributed by atoms with Crippen molar-refractivity contribution < 1.29 is 0 Å². The van der Waals surface area contributed by atoms with Gasteiger partial charge in [0.25, 0.3) is 0 Å². The largest absolute Gasteiger partial charge is 0.366 e. The third-order valence-electron chi connectivity index (χ3n) is 3.24. The van der Waals surface area contributed by atoms with Gasteiger partial charge in [-0.1, -0.05) is 18.2 Å². The summed E-state index contributed by atoms with van der Waals surface area (Å²) in [4.78, 5) is 6.72. The number of hydrogen-bond donors (Lipinski definition) is 1. The molecule has 0 aliphatic carbocycles. The summed E-state index contributed by atoms with van der Waals surface area (Å²) in [5.74, 6) is 0.678. The molecule has 0 aliphatic heterocycles. The Morgan fingerprint density at radius 3 is 2.80 bits per heavy atom. The minimum absolute atomic E-state index is 0.276. The normalized spacial score (nSPS) is 12.3. The summed E-state index contributed by atoms with van der Waals surface area (Å²) in [6, 6.07) is 12.2. The molecule has 0 aliphatic rings. The van der Waals surface area contributed by atoms with Crippen molar-refractivity contribution >= 4 is 16.7 Å². The summed E-state index contributed by atoms with van der Waals surface area (Å²) in [6.45, 7) is 3.12. The van der Waals surface area contributed by atoms with Gasteiger partial charge in [0, 0.05) is 11.4 Å². The van der Waals surface area contributed by atoms with Crippen LogP contribution in [0, 0.1) is 11.3 Å². The van der Waals surface area contributed by atoms with Gasteiger partial charge in [0.1, 0.15) is 11.9 Å². The van der Waals surface area contributed by atoms with E-state index in [4.69, 9.17) is 0 Å². The maximum atomic E-state index is 9.27. The number of anilines is 1.